The minimum Gasteiger partial charge on any atom is -0.453 e. The van der Waals surface area contributed by atoms with Gasteiger partial charge in [0, 0.05) is 17.4 Å². The van der Waals surface area contributed by atoms with Crippen molar-refractivity contribution < 1.29 is 14.6 Å². The van der Waals surface area contributed by atoms with E-state index >= 15 is 0 Å². The van der Waals surface area contributed by atoms with Gasteiger partial charge < -0.3 is 9.84 Å². The fraction of sp³-hybridized carbons (Fsp3) is 0.167. The average molecular weight is 247 g/mol. The van der Waals surface area contributed by atoms with Gasteiger partial charge in [-0.25, -0.2) is 9.48 Å². The first-order chi connectivity index (χ1) is 8.72. The molecule has 2 aromatic rings. The second-order valence-corrected chi connectivity index (χ2v) is 3.61. The molecule has 18 heavy (non-hydrogen) atoms. The van der Waals surface area contributed by atoms with Gasteiger partial charge in [-0.3, -0.25) is 5.32 Å². The Morgan fingerprint density at radius 3 is 2.72 bits per heavy atom. The molecule has 1 heterocycles. The van der Waals surface area contributed by atoms with Crippen LogP contribution in [0.3, 0.4) is 0 Å². The van der Waals surface area contributed by atoms with Crippen molar-refractivity contribution in [1.82, 2.24) is 9.78 Å². The maximum absolute atomic E-state index is 11.0. The number of rotatable bonds is 3. The first-order valence-electron chi connectivity index (χ1n) is 5.32. The number of aliphatic hydroxyl groups excluding tert-OH is 1. The van der Waals surface area contributed by atoms with Crippen molar-refractivity contribution in [2.24, 2.45) is 0 Å². The summed E-state index contributed by atoms with van der Waals surface area (Å²) >= 11 is 0. The molecular weight excluding hydrogens is 234 g/mol. The zero-order valence-corrected chi connectivity index (χ0v) is 9.83. The highest BCUT2D eigenvalue weighted by Crippen LogP contribution is 2.13. The Labute approximate surface area is 104 Å². The number of methoxy groups -OCH3 is 1. The highest BCUT2D eigenvalue weighted by Gasteiger charge is 2.02. The molecule has 0 saturated carbocycles. The molecule has 2 N–H and O–H groups in total. The van der Waals surface area contributed by atoms with E-state index in [-0.39, 0.29) is 6.61 Å². The molecule has 1 aromatic heterocycles. The third-order valence-electron chi connectivity index (χ3n) is 2.38. The van der Waals surface area contributed by atoms with E-state index < -0.39 is 6.09 Å². The SMILES string of the molecule is COC(=O)Nc1ccc(-n2cc(CO)cn2)cc1. The summed E-state index contributed by atoms with van der Waals surface area (Å²) < 4.78 is 6.14. The van der Waals surface area contributed by atoms with E-state index in [9.17, 15) is 4.79 Å². The van der Waals surface area contributed by atoms with Crippen molar-refractivity contribution >= 4 is 11.8 Å². The monoisotopic (exact) mass is 247 g/mol. The van der Waals surface area contributed by atoms with Gasteiger partial charge >= 0.3 is 6.09 Å². The summed E-state index contributed by atoms with van der Waals surface area (Å²) in [5.41, 5.74) is 2.22. The van der Waals surface area contributed by atoms with Crippen molar-refractivity contribution in [1.29, 1.82) is 0 Å². The molecule has 0 atom stereocenters. The van der Waals surface area contributed by atoms with Crippen LogP contribution in [0, 0.1) is 0 Å². The van der Waals surface area contributed by atoms with Crippen LogP contribution < -0.4 is 5.32 Å². The van der Waals surface area contributed by atoms with Crippen LogP contribution in [0.15, 0.2) is 36.7 Å². The van der Waals surface area contributed by atoms with Crippen molar-refractivity contribution in [2.45, 2.75) is 6.61 Å². The third kappa shape index (κ3) is 2.67. The lowest BCUT2D eigenvalue weighted by molar-refractivity contribution is 0.187. The number of aliphatic hydroxyl groups is 1. The van der Waals surface area contributed by atoms with Crippen molar-refractivity contribution in [3.63, 3.8) is 0 Å². The number of anilines is 1. The molecule has 94 valence electrons. The van der Waals surface area contributed by atoms with Crippen molar-refractivity contribution in [3.8, 4) is 5.69 Å². The number of ether oxygens (including phenoxy) is 1. The summed E-state index contributed by atoms with van der Waals surface area (Å²) in [4.78, 5) is 11.0. The van der Waals surface area contributed by atoms with Crippen LogP contribution in [0.5, 0.6) is 0 Å². The quantitative estimate of drug-likeness (QED) is 0.862. The van der Waals surface area contributed by atoms with Gasteiger partial charge in [-0.15, -0.1) is 0 Å². The number of benzene rings is 1. The number of hydrogen-bond acceptors (Lipinski definition) is 4. The first-order valence-corrected chi connectivity index (χ1v) is 5.32. The zero-order valence-electron chi connectivity index (χ0n) is 9.83. The number of amides is 1. The van der Waals surface area contributed by atoms with E-state index in [0.29, 0.717) is 5.69 Å². The minimum atomic E-state index is -0.510. The number of hydrogen-bond donors (Lipinski definition) is 2. The summed E-state index contributed by atoms with van der Waals surface area (Å²) in [7, 11) is 1.31. The fourth-order valence-electron chi connectivity index (χ4n) is 1.45. The summed E-state index contributed by atoms with van der Waals surface area (Å²) in [5.74, 6) is 0. The van der Waals surface area contributed by atoms with Gasteiger partial charge in [0.05, 0.1) is 25.6 Å². The molecule has 1 aromatic carbocycles. The normalized spacial score (nSPS) is 10.1. The predicted octanol–water partition coefficient (Wildman–Crippen LogP) is 1.54. The van der Waals surface area contributed by atoms with Gasteiger partial charge in [-0.1, -0.05) is 0 Å². The number of carbonyl (C=O) groups excluding carboxylic acids is 1. The van der Waals surface area contributed by atoms with E-state index in [1.165, 1.54) is 7.11 Å². The van der Waals surface area contributed by atoms with Gasteiger partial charge in [0.25, 0.3) is 0 Å². The van der Waals surface area contributed by atoms with Crippen LogP contribution in [0.4, 0.5) is 10.5 Å². The Hall–Kier alpha value is -2.34. The van der Waals surface area contributed by atoms with Gasteiger partial charge in [-0.2, -0.15) is 5.10 Å². The summed E-state index contributed by atoms with van der Waals surface area (Å²) in [6, 6.07) is 7.10. The molecule has 6 nitrogen and oxygen atoms in total. The van der Waals surface area contributed by atoms with E-state index in [4.69, 9.17) is 5.11 Å². The van der Waals surface area contributed by atoms with Gasteiger partial charge in [0.1, 0.15) is 0 Å². The van der Waals surface area contributed by atoms with Gasteiger partial charge in [0.15, 0.2) is 0 Å². The average Bonchev–Trinajstić information content (AvgIpc) is 2.88. The number of aromatic nitrogens is 2. The van der Waals surface area contributed by atoms with Crippen LogP contribution in [0.25, 0.3) is 5.69 Å². The molecule has 0 saturated heterocycles. The number of nitrogens with one attached hydrogen (secondary N) is 1. The highest BCUT2D eigenvalue weighted by atomic mass is 16.5. The van der Waals surface area contributed by atoms with Crippen LogP contribution in [0.1, 0.15) is 5.56 Å². The summed E-state index contributed by atoms with van der Waals surface area (Å²) in [5, 5.41) is 15.6. The first kappa shape index (κ1) is 12.1. The fourth-order valence-corrected chi connectivity index (χ4v) is 1.45. The largest absolute Gasteiger partial charge is 0.453 e. The van der Waals surface area contributed by atoms with Crippen LogP contribution in [-0.2, 0) is 11.3 Å². The standard InChI is InChI=1S/C12H13N3O3/c1-18-12(17)14-10-2-4-11(5-3-10)15-7-9(8-16)6-13-15/h2-7,16H,8H2,1H3,(H,14,17). The molecule has 6 heteroatoms. The maximum atomic E-state index is 11.0. The third-order valence-corrected chi connectivity index (χ3v) is 2.38. The molecule has 0 unspecified atom stereocenters. The van der Waals surface area contributed by atoms with Crippen LogP contribution >= 0.6 is 0 Å². The highest BCUT2D eigenvalue weighted by molar-refractivity contribution is 5.84. The summed E-state index contributed by atoms with van der Waals surface area (Å²) in [6.45, 7) is -0.0397. The number of nitrogens with zero attached hydrogens (tertiary/aromatic N) is 2. The van der Waals surface area contributed by atoms with Gasteiger partial charge in [-0.05, 0) is 24.3 Å². The predicted molar refractivity (Wildman–Crippen MR) is 65.5 cm³/mol. The van der Waals surface area contributed by atoms with E-state index in [1.54, 1.807) is 41.3 Å². The van der Waals surface area contributed by atoms with Crippen LogP contribution in [0.2, 0.25) is 0 Å². The molecule has 0 spiro atoms. The lowest BCUT2D eigenvalue weighted by Crippen LogP contribution is -2.10. The summed E-state index contributed by atoms with van der Waals surface area (Å²) in [6.07, 6.45) is 2.83. The second kappa shape index (κ2) is 5.33. The maximum Gasteiger partial charge on any atom is 0.411 e. The second-order valence-electron chi connectivity index (χ2n) is 3.61. The Kier molecular flexibility index (Phi) is 3.59. The molecule has 1 amide bonds. The topological polar surface area (TPSA) is 76.4 Å². The van der Waals surface area contributed by atoms with Gasteiger partial charge in [0.2, 0.25) is 0 Å². The molecule has 0 aliphatic heterocycles. The van der Waals surface area contributed by atoms with Crippen molar-refractivity contribution in [3.05, 3.63) is 42.2 Å². The Balaban J connectivity index is 2.14. The smallest absolute Gasteiger partial charge is 0.411 e. The molecule has 0 fully saturated rings. The lowest BCUT2D eigenvalue weighted by atomic mass is 10.3. The molecular formula is C12H13N3O3. The molecule has 0 aliphatic carbocycles. The molecule has 0 radical (unpaired) electrons. The number of carbonyl (C=O) groups is 1. The van der Waals surface area contributed by atoms with Crippen molar-refractivity contribution in [2.75, 3.05) is 12.4 Å². The molecule has 0 bridgehead atoms. The van der Waals surface area contributed by atoms with E-state index in [1.807, 2.05) is 0 Å². The van der Waals surface area contributed by atoms with Crippen LogP contribution in [-0.4, -0.2) is 28.1 Å². The van der Waals surface area contributed by atoms with E-state index in [2.05, 4.69) is 15.2 Å². The Morgan fingerprint density at radius 2 is 2.17 bits per heavy atom. The zero-order chi connectivity index (χ0) is 13.0. The lowest BCUT2D eigenvalue weighted by Gasteiger charge is -2.05. The molecule has 2 rings (SSSR count). The Morgan fingerprint density at radius 1 is 1.44 bits per heavy atom. The molecule has 0 aliphatic rings. The Bertz CT molecular complexity index is 534. The van der Waals surface area contributed by atoms with E-state index in [0.717, 1.165) is 11.3 Å². The minimum absolute atomic E-state index is 0.0397.